The lowest BCUT2D eigenvalue weighted by Crippen LogP contribution is -2.15. The van der Waals surface area contributed by atoms with Gasteiger partial charge < -0.3 is 14.5 Å². The van der Waals surface area contributed by atoms with Gasteiger partial charge in [-0.3, -0.25) is 9.59 Å². The molecule has 1 aromatic carbocycles. The van der Waals surface area contributed by atoms with E-state index in [1.165, 1.54) is 12.3 Å². The Morgan fingerprint density at radius 2 is 1.80 bits per heavy atom. The Hall–Kier alpha value is -2.89. The molecular formula is C19H21NO5. The molecule has 0 saturated heterocycles. The van der Waals surface area contributed by atoms with Gasteiger partial charge in [-0.15, -0.1) is 0 Å². The van der Waals surface area contributed by atoms with Gasteiger partial charge >= 0.3 is 5.97 Å². The highest BCUT2D eigenvalue weighted by molar-refractivity contribution is 6.00. The van der Waals surface area contributed by atoms with Crippen molar-refractivity contribution in [2.24, 2.45) is 5.92 Å². The number of carbonyl (C=O) groups is 3. The maximum atomic E-state index is 12.1. The van der Waals surface area contributed by atoms with Gasteiger partial charge in [0.25, 0.3) is 0 Å². The molecule has 0 spiro atoms. The number of benzene rings is 1. The summed E-state index contributed by atoms with van der Waals surface area (Å²) in [7, 11) is 0. The van der Waals surface area contributed by atoms with Crippen LogP contribution in [-0.2, 0) is 9.53 Å². The largest absolute Gasteiger partial charge is 0.469 e. The number of ether oxygens (including phenoxy) is 1. The van der Waals surface area contributed by atoms with Gasteiger partial charge in [0.15, 0.2) is 12.4 Å². The van der Waals surface area contributed by atoms with Crippen LogP contribution < -0.4 is 5.32 Å². The zero-order valence-corrected chi connectivity index (χ0v) is 14.5. The second-order valence-corrected chi connectivity index (χ2v) is 6.11. The summed E-state index contributed by atoms with van der Waals surface area (Å²) in [6, 6.07) is 7.96. The molecule has 0 aliphatic carbocycles. The molecule has 1 aromatic heterocycles. The van der Waals surface area contributed by atoms with Crippen LogP contribution in [-0.4, -0.2) is 24.3 Å². The van der Waals surface area contributed by atoms with Gasteiger partial charge in [0, 0.05) is 17.7 Å². The average Bonchev–Trinajstić information content (AvgIpc) is 2.98. The van der Waals surface area contributed by atoms with Crippen LogP contribution in [0.2, 0.25) is 0 Å². The van der Waals surface area contributed by atoms with Crippen LogP contribution >= 0.6 is 0 Å². The maximum Gasteiger partial charge on any atom is 0.342 e. The number of aryl methyl sites for hydroxylation is 1. The first-order valence-electron chi connectivity index (χ1n) is 8.01. The van der Waals surface area contributed by atoms with E-state index < -0.39 is 5.97 Å². The smallest absolute Gasteiger partial charge is 0.342 e. The summed E-state index contributed by atoms with van der Waals surface area (Å²) < 4.78 is 10.0. The number of esters is 1. The molecule has 2 rings (SSSR count). The molecule has 0 radical (unpaired) electrons. The maximum absolute atomic E-state index is 12.1. The van der Waals surface area contributed by atoms with Crippen molar-refractivity contribution in [2.45, 2.75) is 27.2 Å². The normalized spacial score (nSPS) is 10.6. The molecule has 2 aromatic rings. The Kier molecular flexibility index (Phi) is 6.11. The van der Waals surface area contributed by atoms with Crippen molar-refractivity contribution in [2.75, 3.05) is 11.9 Å². The van der Waals surface area contributed by atoms with E-state index >= 15 is 0 Å². The van der Waals surface area contributed by atoms with Gasteiger partial charge in [-0.25, -0.2) is 4.79 Å². The number of carbonyl (C=O) groups excluding carboxylic acids is 3. The quantitative estimate of drug-likeness (QED) is 0.613. The van der Waals surface area contributed by atoms with Crippen molar-refractivity contribution in [3.63, 3.8) is 0 Å². The fourth-order valence-corrected chi connectivity index (χ4v) is 2.21. The van der Waals surface area contributed by atoms with Crippen molar-refractivity contribution in [1.29, 1.82) is 0 Å². The fraction of sp³-hybridized carbons (Fsp3) is 0.316. The summed E-state index contributed by atoms with van der Waals surface area (Å²) in [5.41, 5.74) is 1.32. The fourth-order valence-electron chi connectivity index (χ4n) is 2.21. The predicted molar refractivity (Wildman–Crippen MR) is 92.6 cm³/mol. The number of hydrogen-bond donors (Lipinski definition) is 1. The Labute approximate surface area is 146 Å². The molecule has 0 aliphatic rings. The molecule has 0 aliphatic heterocycles. The van der Waals surface area contributed by atoms with Gasteiger partial charge in [0.1, 0.15) is 11.3 Å². The number of Topliss-reactive ketones (excluding diaryl/α,β-unsaturated/α-hetero) is 1. The molecule has 6 nitrogen and oxygen atoms in total. The molecule has 0 saturated carbocycles. The van der Waals surface area contributed by atoms with Gasteiger partial charge in [-0.05, 0) is 43.2 Å². The second kappa shape index (κ2) is 8.28. The average molecular weight is 343 g/mol. The van der Waals surface area contributed by atoms with Crippen LogP contribution in [0.4, 0.5) is 5.69 Å². The van der Waals surface area contributed by atoms with Gasteiger partial charge in [-0.2, -0.15) is 0 Å². The lowest BCUT2D eigenvalue weighted by Gasteiger charge is -2.08. The molecule has 0 atom stereocenters. The highest BCUT2D eigenvalue weighted by Crippen LogP contribution is 2.13. The van der Waals surface area contributed by atoms with Crippen LogP contribution in [0, 0.1) is 12.8 Å². The summed E-state index contributed by atoms with van der Waals surface area (Å²) in [5, 5.41) is 2.77. The second-order valence-electron chi connectivity index (χ2n) is 6.11. The third-order valence-electron chi connectivity index (χ3n) is 3.50. The first-order valence-corrected chi connectivity index (χ1v) is 8.01. The number of amides is 1. The molecule has 1 heterocycles. The highest BCUT2D eigenvalue weighted by Gasteiger charge is 2.15. The Bertz CT molecular complexity index is 758. The third-order valence-corrected chi connectivity index (χ3v) is 3.50. The first kappa shape index (κ1) is 18.4. The highest BCUT2D eigenvalue weighted by atomic mass is 16.5. The molecule has 0 unspecified atom stereocenters. The molecule has 6 heteroatoms. The van der Waals surface area contributed by atoms with E-state index in [-0.39, 0.29) is 24.2 Å². The summed E-state index contributed by atoms with van der Waals surface area (Å²) >= 11 is 0. The molecular weight excluding hydrogens is 322 g/mol. The van der Waals surface area contributed by atoms with Crippen molar-refractivity contribution in [3.8, 4) is 0 Å². The molecule has 132 valence electrons. The predicted octanol–water partition coefficient (Wildman–Crippen LogP) is 3.61. The number of furan rings is 1. The number of ketones is 1. The molecule has 1 amide bonds. The van der Waals surface area contributed by atoms with E-state index in [0.29, 0.717) is 29.0 Å². The van der Waals surface area contributed by atoms with Crippen molar-refractivity contribution in [3.05, 3.63) is 53.5 Å². The van der Waals surface area contributed by atoms with E-state index in [1.807, 2.05) is 13.8 Å². The minimum Gasteiger partial charge on any atom is -0.469 e. The third kappa shape index (κ3) is 5.31. The molecule has 25 heavy (non-hydrogen) atoms. The van der Waals surface area contributed by atoms with Gasteiger partial charge in [0.2, 0.25) is 5.91 Å². The monoisotopic (exact) mass is 343 g/mol. The van der Waals surface area contributed by atoms with E-state index in [4.69, 9.17) is 9.15 Å². The van der Waals surface area contributed by atoms with Crippen LogP contribution in [0.1, 0.15) is 46.7 Å². The number of nitrogens with one attached hydrogen (secondary N) is 1. The topological polar surface area (TPSA) is 85.6 Å². The summed E-state index contributed by atoms with van der Waals surface area (Å²) in [5.74, 6) is -0.279. The summed E-state index contributed by atoms with van der Waals surface area (Å²) in [4.78, 5) is 35.7. The zero-order valence-electron chi connectivity index (χ0n) is 14.5. The van der Waals surface area contributed by atoms with Crippen LogP contribution in [0.25, 0.3) is 0 Å². The Morgan fingerprint density at radius 1 is 1.12 bits per heavy atom. The number of hydrogen-bond acceptors (Lipinski definition) is 5. The van der Waals surface area contributed by atoms with E-state index in [9.17, 15) is 14.4 Å². The first-order chi connectivity index (χ1) is 11.9. The van der Waals surface area contributed by atoms with Crippen molar-refractivity contribution < 1.29 is 23.5 Å². The van der Waals surface area contributed by atoms with Gasteiger partial charge in [-0.1, -0.05) is 13.8 Å². The molecule has 0 bridgehead atoms. The minimum absolute atomic E-state index is 0.0708. The Balaban J connectivity index is 1.89. The van der Waals surface area contributed by atoms with Crippen LogP contribution in [0.3, 0.4) is 0 Å². The Morgan fingerprint density at radius 3 is 2.36 bits per heavy atom. The van der Waals surface area contributed by atoms with Crippen LogP contribution in [0.5, 0.6) is 0 Å². The lowest BCUT2D eigenvalue weighted by atomic mass is 10.1. The minimum atomic E-state index is -0.600. The zero-order chi connectivity index (χ0) is 18.4. The van der Waals surface area contributed by atoms with Crippen molar-refractivity contribution in [1.82, 2.24) is 0 Å². The van der Waals surface area contributed by atoms with E-state index in [0.717, 1.165) is 0 Å². The number of anilines is 1. The molecule has 1 N–H and O–H groups in total. The lowest BCUT2D eigenvalue weighted by molar-refractivity contribution is -0.116. The van der Waals surface area contributed by atoms with Crippen molar-refractivity contribution >= 4 is 23.3 Å². The van der Waals surface area contributed by atoms with Crippen LogP contribution in [0.15, 0.2) is 41.0 Å². The van der Waals surface area contributed by atoms with Gasteiger partial charge in [0.05, 0.1) is 6.26 Å². The SMILES string of the molecule is Cc1occc1C(=O)OCC(=O)c1ccc(NC(=O)CC(C)C)cc1. The summed E-state index contributed by atoms with van der Waals surface area (Å²) in [6.45, 7) is 5.22. The number of rotatable bonds is 7. The van der Waals surface area contributed by atoms with E-state index in [1.54, 1.807) is 31.2 Å². The summed E-state index contributed by atoms with van der Waals surface area (Å²) in [6.07, 6.45) is 1.82. The molecule has 0 fully saturated rings. The standard InChI is InChI=1S/C19H21NO5/c1-12(2)10-18(22)20-15-6-4-14(5-7-15)17(21)11-25-19(23)16-8-9-24-13(16)3/h4-9,12H,10-11H2,1-3H3,(H,20,22). The van der Waals surface area contributed by atoms with E-state index in [2.05, 4.69) is 5.32 Å².